The van der Waals surface area contributed by atoms with Gasteiger partial charge in [-0.2, -0.15) is 13.9 Å². The van der Waals surface area contributed by atoms with Crippen LogP contribution >= 0.6 is 0 Å². The average Bonchev–Trinajstić information content (AvgIpc) is 3.30. The van der Waals surface area contributed by atoms with Gasteiger partial charge in [-0.15, -0.1) is 0 Å². The third-order valence-corrected chi connectivity index (χ3v) is 7.44. The SMILES string of the molecule is C[C@@H]1Cc2c(ccc3[nH]ncc23)[C@@H](c2c(F)cc(NC3CN(CCCF)C3)cc2OC(F)F)N1CC(C)(F)F. The van der Waals surface area contributed by atoms with Crippen LogP contribution in [-0.4, -0.2) is 77.5 Å². The van der Waals surface area contributed by atoms with Crippen molar-refractivity contribution in [3.8, 4) is 5.75 Å². The molecule has 0 unspecified atom stereocenters. The molecule has 2 aliphatic rings. The zero-order valence-corrected chi connectivity index (χ0v) is 21.7. The van der Waals surface area contributed by atoms with Crippen LogP contribution < -0.4 is 10.1 Å². The molecule has 212 valence electrons. The Labute approximate surface area is 222 Å². The number of aromatic amines is 1. The fourth-order valence-electron chi connectivity index (χ4n) is 5.81. The van der Waals surface area contributed by atoms with E-state index in [-0.39, 0.29) is 17.3 Å². The maximum Gasteiger partial charge on any atom is 0.387 e. The second-order valence-electron chi connectivity index (χ2n) is 10.6. The van der Waals surface area contributed by atoms with Gasteiger partial charge in [-0.3, -0.25) is 19.3 Å². The summed E-state index contributed by atoms with van der Waals surface area (Å²) in [6.07, 6.45) is 2.44. The predicted octanol–water partition coefficient (Wildman–Crippen LogP) is 5.75. The largest absolute Gasteiger partial charge is 0.434 e. The van der Waals surface area contributed by atoms with Crippen LogP contribution in [0.3, 0.4) is 0 Å². The first-order valence-electron chi connectivity index (χ1n) is 13.0. The number of nitrogens with one attached hydrogen (secondary N) is 2. The highest BCUT2D eigenvalue weighted by molar-refractivity contribution is 5.84. The lowest BCUT2D eigenvalue weighted by Gasteiger charge is -2.44. The maximum absolute atomic E-state index is 16.0. The molecule has 1 fully saturated rings. The number of benzene rings is 2. The lowest BCUT2D eigenvalue weighted by Crippen LogP contribution is -2.54. The van der Waals surface area contributed by atoms with E-state index in [2.05, 4.69) is 15.5 Å². The van der Waals surface area contributed by atoms with Crippen molar-refractivity contribution >= 4 is 16.6 Å². The van der Waals surface area contributed by atoms with E-state index >= 15 is 4.39 Å². The summed E-state index contributed by atoms with van der Waals surface area (Å²) in [5, 5.41) is 10.8. The minimum Gasteiger partial charge on any atom is -0.434 e. The molecule has 2 N–H and O–H groups in total. The monoisotopic (exact) mass is 555 g/mol. The molecule has 3 heterocycles. The fraction of sp³-hybridized carbons (Fsp3) is 0.519. The first-order chi connectivity index (χ1) is 18.5. The average molecular weight is 556 g/mol. The summed E-state index contributed by atoms with van der Waals surface area (Å²) in [5.41, 5.74) is 2.08. The summed E-state index contributed by atoms with van der Waals surface area (Å²) < 4.78 is 89.2. The molecule has 0 aliphatic carbocycles. The normalized spacial score (nSPS) is 20.8. The van der Waals surface area contributed by atoms with Gasteiger partial charge in [-0.25, -0.2) is 13.2 Å². The van der Waals surface area contributed by atoms with E-state index in [1.807, 2.05) is 4.90 Å². The summed E-state index contributed by atoms with van der Waals surface area (Å²) in [4.78, 5) is 3.48. The summed E-state index contributed by atoms with van der Waals surface area (Å²) in [6.45, 7) is -0.0325. The molecule has 39 heavy (non-hydrogen) atoms. The molecule has 3 aromatic rings. The minimum atomic E-state index is -3.25. The van der Waals surface area contributed by atoms with Crippen LogP contribution in [0.4, 0.5) is 32.0 Å². The molecule has 2 atom stereocenters. The van der Waals surface area contributed by atoms with Crippen molar-refractivity contribution in [1.29, 1.82) is 0 Å². The molecule has 2 aliphatic heterocycles. The van der Waals surface area contributed by atoms with Crippen molar-refractivity contribution in [1.82, 2.24) is 20.0 Å². The summed E-state index contributed by atoms with van der Waals surface area (Å²) >= 11 is 0. The van der Waals surface area contributed by atoms with Crippen molar-refractivity contribution in [3.63, 3.8) is 0 Å². The quantitative estimate of drug-likeness (QED) is 0.312. The first-order valence-corrected chi connectivity index (χ1v) is 13.0. The highest BCUT2D eigenvalue weighted by Gasteiger charge is 2.41. The lowest BCUT2D eigenvalue weighted by molar-refractivity contribution is -0.0545. The molecule has 1 saturated heterocycles. The molecular weight excluding hydrogens is 524 g/mol. The fourth-order valence-corrected chi connectivity index (χ4v) is 5.81. The Hall–Kier alpha value is -2.99. The van der Waals surface area contributed by atoms with E-state index < -0.39 is 49.4 Å². The van der Waals surface area contributed by atoms with Crippen LogP contribution in [-0.2, 0) is 6.42 Å². The number of aromatic nitrogens is 2. The van der Waals surface area contributed by atoms with Gasteiger partial charge in [0.1, 0.15) is 11.6 Å². The van der Waals surface area contributed by atoms with Gasteiger partial charge in [0.25, 0.3) is 5.92 Å². The molecule has 5 rings (SSSR count). The molecule has 0 bridgehead atoms. The lowest BCUT2D eigenvalue weighted by atomic mass is 9.82. The standard InChI is InChI=1S/C27H31F6N5O/c1-15-8-19-18(4-5-22-20(19)11-34-36-22)25(38(15)14-27(2,32)33)24-21(29)9-16(10-23(24)39-26(30)31)35-17-12-37(13-17)7-3-6-28/h4-5,9-11,15,17,25-26,35H,3,6-8,12-14H2,1-2H3,(H,34,36)/t15-,25+/m1/s1. The Balaban J connectivity index is 1.56. The molecule has 0 radical (unpaired) electrons. The van der Waals surface area contributed by atoms with Gasteiger partial charge in [-0.05, 0) is 43.0 Å². The molecule has 0 saturated carbocycles. The zero-order chi connectivity index (χ0) is 27.9. The van der Waals surface area contributed by atoms with Crippen molar-refractivity contribution in [2.75, 3.05) is 38.2 Å². The summed E-state index contributed by atoms with van der Waals surface area (Å²) in [7, 11) is 0. The van der Waals surface area contributed by atoms with Crippen LogP contribution in [0.5, 0.6) is 5.75 Å². The Morgan fingerprint density at radius 3 is 2.69 bits per heavy atom. The molecule has 0 spiro atoms. The van der Waals surface area contributed by atoms with Crippen LogP contribution in [0.2, 0.25) is 0 Å². The third-order valence-electron chi connectivity index (χ3n) is 7.44. The smallest absolute Gasteiger partial charge is 0.387 e. The Kier molecular flexibility index (Phi) is 7.69. The third kappa shape index (κ3) is 5.81. The van der Waals surface area contributed by atoms with E-state index in [4.69, 9.17) is 4.74 Å². The van der Waals surface area contributed by atoms with E-state index in [0.29, 0.717) is 38.0 Å². The van der Waals surface area contributed by atoms with Gasteiger partial charge in [-0.1, -0.05) is 6.07 Å². The number of nitrogens with zero attached hydrogens (tertiary/aromatic N) is 3. The van der Waals surface area contributed by atoms with Crippen molar-refractivity contribution in [2.45, 2.75) is 57.3 Å². The second-order valence-corrected chi connectivity index (χ2v) is 10.6. The number of likely N-dealkylation sites (tertiary alicyclic amines) is 1. The van der Waals surface area contributed by atoms with Crippen LogP contribution in [0.25, 0.3) is 10.9 Å². The molecule has 12 heteroatoms. The van der Waals surface area contributed by atoms with Gasteiger partial charge >= 0.3 is 6.61 Å². The zero-order valence-electron chi connectivity index (χ0n) is 21.7. The van der Waals surface area contributed by atoms with Crippen molar-refractivity contribution < 1.29 is 31.1 Å². The first kappa shape index (κ1) is 27.6. The van der Waals surface area contributed by atoms with Crippen molar-refractivity contribution in [3.05, 3.63) is 53.0 Å². The van der Waals surface area contributed by atoms with Gasteiger partial charge in [0.15, 0.2) is 0 Å². The highest BCUT2D eigenvalue weighted by atomic mass is 19.3. The number of alkyl halides is 5. The minimum absolute atomic E-state index is 0.0747. The Bertz CT molecular complexity index is 1310. The van der Waals surface area contributed by atoms with Gasteiger partial charge in [0.05, 0.1) is 42.6 Å². The van der Waals surface area contributed by atoms with Gasteiger partial charge in [0, 0.05) is 49.7 Å². The summed E-state index contributed by atoms with van der Waals surface area (Å²) in [5.74, 6) is -4.38. The second kappa shape index (κ2) is 10.9. The number of H-pyrrole nitrogens is 1. The van der Waals surface area contributed by atoms with Crippen LogP contribution in [0.15, 0.2) is 30.5 Å². The maximum atomic E-state index is 16.0. The van der Waals surface area contributed by atoms with Crippen molar-refractivity contribution in [2.24, 2.45) is 0 Å². The van der Waals surface area contributed by atoms with E-state index in [0.717, 1.165) is 23.4 Å². The van der Waals surface area contributed by atoms with E-state index in [1.54, 1.807) is 25.3 Å². The topological polar surface area (TPSA) is 56.4 Å². The molecule has 6 nitrogen and oxygen atoms in total. The Morgan fingerprint density at radius 1 is 1.23 bits per heavy atom. The highest BCUT2D eigenvalue weighted by Crippen LogP contribution is 2.46. The number of ether oxygens (including phenoxy) is 1. The molecule has 2 aromatic carbocycles. The number of hydrogen-bond donors (Lipinski definition) is 2. The van der Waals surface area contributed by atoms with E-state index in [1.165, 1.54) is 17.0 Å². The number of hydrogen-bond acceptors (Lipinski definition) is 5. The van der Waals surface area contributed by atoms with Gasteiger partial charge < -0.3 is 10.1 Å². The molecule has 0 amide bonds. The van der Waals surface area contributed by atoms with Gasteiger partial charge in [0.2, 0.25) is 0 Å². The van der Waals surface area contributed by atoms with Crippen LogP contribution in [0.1, 0.15) is 43.0 Å². The number of fused-ring (bicyclic) bond motifs is 3. The predicted molar refractivity (Wildman–Crippen MR) is 136 cm³/mol. The van der Waals surface area contributed by atoms with E-state index in [9.17, 15) is 22.0 Å². The number of anilines is 1. The Morgan fingerprint density at radius 2 is 2.00 bits per heavy atom. The summed E-state index contributed by atoms with van der Waals surface area (Å²) in [6, 6.07) is 4.27. The number of rotatable bonds is 10. The number of halogens is 6. The van der Waals surface area contributed by atoms with Crippen LogP contribution in [0, 0.1) is 5.82 Å². The molecule has 1 aromatic heterocycles. The molecular formula is C27H31F6N5O.